The van der Waals surface area contributed by atoms with Gasteiger partial charge in [0.2, 0.25) is 0 Å². The molecule has 4 heteroatoms. The molecule has 0 radical (unpaired) electrons. The Morgan fingerprint density at radius 1 is 1.18 bits per heavy atom. The number of aromatic nitrogens is 1. The first-order chi connectivity index (χ1) is 8.28. The summed E-state index contributed by atoms with van der Waals surface area (Å²) in [5.41, 5.74) is 0. The first-order valence-corrected chi connectivity index (χ1v) is 6.49. The van der Waals surface area contributed by atoms with Crippen LogP contribution < -0.4 is 10.1 Å². The predicted octanol–water partition coefficient (Wildman–Crippen LogP) is 3.91. The van der Waals surface area contributed by atoms with Crippen LogP contribution in [-0.2, 0) is 0 Å². The molecule has 0 aliphatic heterocycles. The molecule has 0 spiro atoms. The summed E-state index contributed by atoms with van der Waals surface area (Å²) in [6.45, 7) is 2.88. The van der Waals surface area contributed by atoms with E-state index >= 15 is 0 Å². The summed E-state index contributed by atoms with van der Waals surface area (Å²) in [5, 5.41) is 3.15. The maximum atomic E-state index is 5.74. The number of hydrogen-bond donors (Lipinski definition) is 1. The second kappa shape index (κ2) is 5.86. The molecule has 3 nitrogen and oxygen atoms in total. The Kier molecular flexibility index (Phi) is 4.19. The van der Waals surface area contributed by atoms with Gasteiger partial charge in [-0.1, -0.05) is 0 Å². The molecule has 0 saturated carbocycles. The topological polar surface area (TPSA) is 34.1 Å². The zero-order chi connectivity index (χ0) is 12.1. The van der Waals surface area contributed by atoms with Crippen molar-refractivity contribution in [2.24, 2.45) is 0 Å². The standard InChI is InChI=1S/C13H13IN2O/c1-2-15-13-9-12(7-8-16-13)17-11-5-3-10(14)4-6-11/h3-9H,2H2,1H3,(H,15,16). The quantitative estimate of drug-likeness (QED) is 0.857. The summed E-state index contributed by atoms with van der Waals surface area (Å²) in [5.74, 6) is 2.45. The Bertz CT molecular complexity index is 485. The van der Waals surface area contributed by atoms with Crippen molar-refractivity contribution in [3.63, 3.8) is 0 Å². The first-order valence-electron chi connectivity index (χ1n) is 5.41. The molecule has 1 aromatic carbocycles. The van der Waals surface area contributed by atoms with Crippen LogP contribution in [0.3, 0.4) is 0 Å². The fourth-order valence-corrected chi connectivity index (χ4v) is 1.75. The molecule has 0 atom stereocenters. The van der Waals surface area contributed by atoms with Crippen LogP contribution in [0, 0.1) is 3.57 Å². The van der Waals surface area contributed by atoms with Crippen molar-refractivity contribution >= 4 is 28.4 Å². The van der Waals surface area contributed by atoms with Gasteiger partial charge in [-0.05, 0) is 59.8 Å². The van der Waals surface area contributed by atoms with Crippen molar-refractivity contribution in [3.05, 3.63) is 46.2 Å². The van der Waals surface area contributed by atoms with Crippen molar-refractivity contribution in [1.29, 1.82) is 0 Å². The Balaban J connectivity index is 2.12. The first kappa shape index (κ1) is 12.2. The average Bonchev–Trinajstić information content (AvgIpc) is 2.33. The van der Waals surface area contributed by atoms with Gasteiger partial charge in [0.15, 0.2) is 0 Å². The van der Waals surface area contributed by atoms with Gasteiger partial charge >= 0.3 is 0 Å². The average molecular weight is 340 g/mol. The fourth-order valence-electron chi connectivity index (χ4n) is 1.39. The van der Waals surface area contributed by atoms with Crippen molar-refractivity contribution < 1.29 is 4.74 Å². The van der Waals surface area contributed by atoms with Crippen molar-refractivity contribution in [3.8, 4) is 11.5 Å². The van der Waals surface area contributed by atoms with E-state index in [-0.39, 0.29) is 0 Å². The molecule has 0 aliphatic rings. The number of anilines is 1. The van der Waals surface area contributed by atoms with Crippen LogP contribution in [0.15, 0.2) is 42.6 Å². The molecule has 0 amide bonds. The van der Waals surface area contributed by atoms with E-state index < -0.39 is 0 Å². The number of pyridine rings is 1. The van der Waals surface area contributed by atoms with Gasteiger partial charge in [0.05, 0.1) is 0 Å². The Morgan fingerprint density at radius 3 is 2.65 bits per heavy atom. The molecular weight excluding hydrogens is 327 g/mol. The van der Waals surface area contributed by atoms with E-state index in [9.17, 15) is 0 Å². The van der Waals surface area contributed by atoms with E-state index in [1.165, 1.54) is 3.57 Å². The molecular formula is C13H13IN2O. The van der Waals surface area contributed by atoms with Crippen LogP contribution in [-0.4, -0.2) is 11.5 Å². The highest BCUT2D eigenvalue weighted by Gasteiger charge is 1.99. The normalized spacial score (nSPS) is 10.0. The van der Waals surface area contributed by atoms with Gasteiger partial charge in [0.1, 0.15) is 17.3 Å². The van der Waals surface area contributed by atoms with Crippen LogP contribution in [0.2, 0.25) is 0 Å². The van der Waals surface area contributed by atoms with Gasteiger partial charge in [-0.2, -0.15) is 0 Å². The molecule has 2 rings (SSSR count). The lowest BCUT2D eigenvalue weighted by Gasteiger charge is -2.07. The van der Waals surface area contributed by atoms with Crippen LogP contribution in [0.4, 0.5) is 5.82 Å². The highest BCUT2D eigenvalue weighted by molar-refractivity contribution is 14.1. The zero-order valence-corrected chi connectivity index (χ0v) is 11.6. The van der Waals surface area contributed by atoms with E-state index in [2.05, 4.69) is 32.9 Å². The minimum atomic E-state index is 0.789. The lowest BCUT2D eigenvalue weighted by molar-refractivity contribution is 0.482. The number of hydrogen-bond acceptors (Lipinski definition) is 3. The number of nitrogens with zero attached hydrogens (tertiary/aromatic N) is 1. The molecule has 0 bridgehead atoms. The van der Waals surface area contributed by atoms with E-state index in [4.69, 9.17) is 4.74 Å². The van der Waals surface area contributed by atoms with E-state index in [1.807, 2.05) is 43.3 Å². The zero-order valence-electron chi connectivity index (χ0n) is 9.48. The van der Waals surface area contributed by atoms with Gasteiger partial charge in [-0.25, -0.2) is 4.98 Å². The Hall–Kier alpha value is -1.30. The summed E-state index contributed by atoms with van der Waals surface area (Å²) in [6.07, 6.45) is 1.74. The van der Waals surface area contributed by atoms with Crippen molar-refractivity contribution in [2.45, 2.75) is 6.92 Å². The number of halogens is 1. The van der Waals surface area contributed by atoms with Crippen LogP contribution in [0.25, 0.3) is 0 Å². The van der Waals surface area contributed by atoms with Crippen LogP contribution >= 0.6 is 22.6 Å². The van der Waals surface area contributed by atoms with E-state index in [0.29, 0.717) is 0 Å². The summed E-state index contributed by atoms with van der Waals surface area (Å²) < 4.78 is 6.93. The third-order valence-corrected chi connectivity index (χ3v) is 2.86. The molecule has 1 heterocycles. The maximum absolute atomic E-state index is 5.74. The van der Waals surface area contributed by atoms with Gasteiger partial charge in [0.25, 0.3) is 0 Å². The summed E-state index contributed by atoms with van der Waals surface area (Å²) in [6, 6.07) is 11.7. The Labute approximate surface area is 114 Å². The van der Waals surface area contributed by atoms with Crippen molar-refractivity contribution in [1.82, 2.24) is 4.98 Å². The van der Waals surface area contributed by atoms with Crippen LogP contribution in [0.5, 0.6) is 11.5 Å². The molecule has 17 heavy (non-hydrogen) atoms. The smallest absolute Gasteiger partial charge is 0.132 e. The molecule has 88 valence electrons. The van der Waals surface area contributed by atoms with Crippen molar-refractivity contribution in [2.75, 3.05) is 11.9 Å². The predicted molar refractivity (Wildman–Crippen MR) is 77.6 cm³/mol. The van der Waals surface area contributed by atoms with Crippen LogP contribution in [0.1, 0.15) is 6.92 Å². The number of nitrogens with one attached hydrogen (secondary N) is 1. The molecule has 1 aromatic heterocycles. The maximum Gasteiger partial charge on any atom is 0.132 e. The minimum Gasteiger partial charge on any atom is -0.457 e. The highest BCUT2D eigenvalue weighted by Crippen LogP contribution is 2.23. The minimum absolute atomic E-state index is 0.789. The molecule has 0 saturated heterocycles. The second-order valence-electron chi connectivity index (χ2n) is 3.46. The third kappa shape index (κ3) is 3.59. The summed E-state index contributed by atoms with van der Waals surface area (Å²) in [4.78, 5) is 4.19. The monoisotopic (exact) mass is 340 g/mol. The van der Waals surface area contributed by atoms with Gasteiger partial charge in [-0.15, -0.1) is 0 Å². The van der Waals surface area contributed by atoms with E-state index in [1.54, 1.807) is 6.20 Å². The molecule has 0 fully saturated rings. The molecule has 2 aromatic rings. The third-order valence-electron chi connectivity index (χ3n) is 2.14. The number of rotatable bonds is 4. The van der Waals surface area contributed by atoms with Gasteiger partial charge in [-0.3, -0.25) is 0 Å². The lowest BCUT2D eigenvalue weighted by atomic mass is 10.3. The largest absolute Gasteiger partial charge is 0.457 e. The summed E-state index contributed by atoms with van der Waals surface area (Å²) >= 11 is 2.27. The molecule has 0 aliphatic carbocycles. The summed E-state index contributed by atoms with van der Waals surface area (Å²) in [7, 11) is 0. The Morgan fingerprint density at radius 2 is 1.94 bits per heavy atom. The van der Waals surface area contributed by atoms with Gasteiger partial charge < -0.3 is 10.1 Å². The molecule has 1 N–H and O–H groups in total. The second-order valence-corrected chi connectivity index (χ2v) is 4.71. The van der Waals surface area contributed by atoms with E-state index in [0.717, 1.165) is 23.9 Å². The fraction of sp³-hybridized carbons (Fsp3) is 0.154. The van der Waals surface area contributed by atoms with Gasteiger partial charge in [0, 0.05) is 22.4 Å². The number of benzene rings is 1. The number of ether oxygens (including phenoxy) is 1. The SMILES string of the molecule is CCNc1cc(Oc2ccc(I)cc2)ccn1. The molecule has 0 unspecified atom stereocenters. The highest BCUT2D eigenvalue weighted by atomic mass is 127. The lowest BCUT2D eigenvalue weighted by Crippen LogP contribution is -1.98.